The molecule has 1 aliphatic heterocycles. The average Bonchev–Trinajstić information content (AvgIpc) is 3.16. The number of nitrogens with one attached hydrogen (secondary N) is 1. The fourth-order valence-corrected chi connectivity index (χ4v) is 4.75. The van der Waals surface area contributed by atoms with Crippen LogP contribution in [-0.2, 0) is 26.6 Å². The second-order valence-electron chi connectivity index (χ2n) is 8.51. The number of allylic oxidation sites excluding steroid dienone is 1. The summed E-state index contributed by atoms with van der Waals surface area (Å²) >= 11 is 0. The summed E-state index contributed by atoms with van der Waals surface area (Å²) in [6.07, 6.45) is 8.52. The van der Waals surface area contributed by atoms with Gasteiger partial charge in [0.2, 0.25) is 0 Å². The van der Waals surface area contributed by atoms with E-state index in [1.54, 1.807) is 23.0 Å². The molecule has 0 spiro atoms. The molecule has 0 saturated carbocycles. The molecule has 1 N–H and O–H groups in total. The van der Waals surface area contributed by atoms with Gasteiger partial charge in [0, 0.05) is 67.9 Å². The predicted molar refractivity (Wildman–Crippen MR) is 128 cm³/mol. The number of hydrogen-bond acceptors (Lipinski definition) is 4. The molecule has 7 heteroatoms. The normalized spacial score (nSPS) is 14.8. The number of pyridine rings is 2. The summed E-state index contributed by atoms with van der Waals surface area (Å²) in [5, 5.41) is 4.71. The van der Waals surface area contributed by atoms with E-state index in [4.69, 9.17) is 4.74 Å². The lowest BCUT2D eigenvalue weighted by Gasteiger charge is -2.14. The van der Waals surface area contributed by atoms with Crippen molar-refractivity contribution in [3.63, 3.8) is 0 Å². The number of nitrogens with zero attached hydrogens (tertiary/aromatic N) is 4. The molecular weight excluding hydrogens is 414 g/mol. The van der Waals surface area contributed by atoms with E-state index in [-0.39, 0.29) is 5.56 Å². The molecule has 0 bridgehead atoms. The molecule has 0 fully saturated rings. The third-order valence-corrected chi connectivity index (χ3v) is 6.47. The zero-order chi connectivity index (χ0) is 22.5. The van der Waals surface area contributed by atoms with Gasteiger partial charge in [-0.05, 0) is 36.8 Å². The number of aromatic nitrogens is 3. The first kappa shape index (κ1) is 19.8. The van der Waals surface area contributed by atoms with E-state index in [0.29, 0.717) is 12.4 Å². The molecule has 33 heavy (non-hydrogen) atoms. The molecule has 7 nitrogen and oxygen atoms in total. The highest BCUT2D eigenvalue weighted by Gasteiger charge is 2.18. The fraction of sp³-hybridized carbons (Fsp3) is 0.231. The van der Waals surface area contributed by atoms with Crippen molar-refractivity contribution in [3.8, 4) is 11.4 Å². The van der Waals surface area contributed by atoms with Crippen LogP contribution in [0.1, 0.15) is 23.7 Å². The smallest absolute Gasteiger partial charge is 0.258 e. The van der Waals surface area contributed by atoms with Crippen molar-refractivity contribution in [1.29, 1.82) is 0 Å². The molecule has 0 unspecified atom stereocenters. The summed E-state index contributed by atoms with van der Waals surface area (Å²) in [7, 11) is 2.11. The van der Waals surface area contributed by atoms with E-state index >= 15 is 0 Å². The number of benzene rings is 1. The van der Waals surface area contributed by atoms with Crippen molar-refractivity contribution < 1.29 is 4.74 Å². The zero-order valence-corrected chi connectivity index (χ0v) is 18.7. The summed E-state index contributed by atoms with van der Waals surface area (Å²) in [5.74, 6) is 0.565. The second kappa shape index (κ2) is 7.64. The Bertz CT molecular complexity index is 1590. The van der Waals surface area contributed by atoms with Crippen LogP contribution in [-0.4, -0.2) is 20.1 Å². The van der Waals surface area contributed by atoms with Crippen LogP contribution in [0.5, 0.6) is 5.75 Å². The van der Waals surface area contributed by atoms with Gasteiger partial charge >= 0.3 is 0 Å². The molecule has 6 rings (SSSR count). The summed E-state index contributed by atoms with van der Waals surface area (Å²) in [5.41, 5.74) is 7.78. The third kappa shape index (κ3) is 3.32. The van der Waals surface area contributed by atoms with Crippen molar-refractivity contribution in [1.82, 2.24) is 18.9 Å². The molecule has 1 aromatic carbocycles. The molecule has 0 amide bonds. The van der Waals surface area contributed by atoms with E-state index in [1.165, 1.54) is 16.6 Å². The Morgan fingerprint density at radius 1 is 1.18 bits per heavy atom. The Labute approximate surface area is 190 Å². The van der Waals surface area contributed by atoms with E-state index in [2.05, 4.69) is 40.1 Å². The lowest BCUT2D eigenvalue weighted by molar-refractivity contribution is 0.305. The average molecular weight is 440 g/mol. The van der Waals surface area contributed by atoms with Gasteiger partial charge in [-0.15, -0.1) is 0 Å². The van der Waals surface area contributed by atoms with Crippen LogP contribution in [0.4, 0.5) is 0 Å². The van der Waals surface area contributed by atoms with Gasteiger partial charge in [0.1, 0.15) is 12.4 Å². The highest BCUT2D eigenvalue weighted by molar-refractivity contribution is 5.87. The van der Waals surface area contributed by atoms with Crippen LogP contribution in [0.2, 0.25) is 0 Å². The minimum absolute atomic E-state index is 0.112. The van der Waals surface area contributed by atoms with Gasteiger partial charge in [-0.25, -0.2) is 4.99 Å². The molecule has 5 heterocycles. The van der Waals surface area contributed by atoms with Crippen molar-refractivity contribution >= 4 is 16.4 Å². The summed E-state index contributed by atoms with van der Waals surface area (Å²) in [4.78, 5) is 17.2. The molecule has 0 saturated heterocycles. The minimum Gasteiger partial charge on any atom is -0.489 e. The summed E-state index contributed by atoms with van der Waals surface area (Å²) < 4.78 is 11.8. The number of hydrogen-bond donors (Lipinski definition) is 1. The van der Waals surface area contributed by atoms with Gasteiger partial charge < -0.3 is 14.6 Å². The molecule has 0 aliphatic carbocycles. The molecular formula is C26H25N5O2. The molecule has 5 aromatic rings. The number of aryl methyl sites for hydroxylation is 1. The van der Waals surface area contributed by atoms with Crippen molar-refractivity contribution in [2.24, 2.45) is 12.0 Å². The molecule has 1 aliphatic rings. The standard InChI is InChI=1S/C26H25N5O2/c1-3-8-28-26-24-11-17(15-31(24)26)16-33-19-7-10-30(25(32)13-19)18-4-5-20-21-14-27-9-6-22(21)29(2)23(20)12-18/h3-5,7-8,10-13,15,27H,6,9,14,16H2,1-2H3/b8-3-,28-26?. The molecule has 4 aromatic heterocycles. The number of ether oxygens (including phenoxy) is 1. The summed E-state index contributed by atoms with van der Waals surface area (Å²) in [6.45, 7) is 4.25. The number of fused-ring (bicyclic) bond motifs is 4. The lowest BCUT2D eigenvalue weighted by atomic mass is 10.1. The second-order valence-corrected chi connectivity index (χ2v) is 8.51. The van der Waals surface area contributed by atoms with Crippen LogP contribution in [0.25, 0.3) is 22.1 Å². The third-order valence-electron chi connectivity index (χ3n) is 6.47. The Morgan fingerprint density at radius 2 is 2.09 bits per heavy atom. The van der Waals surface area contributed by atoms with Crippen LogP contribution >= 0.6 is 0 Å². The van der Waals surface area contributed by atoms with Crippen LogP contribution < -0.4 is 21.1 Å². The quantitative estimate of drug-likeness (QED) is 0.458. The maximum absolute atomic E-state index is 12.9. The molecule has 166 valence electrons. The largest absolute Gasteiger partial charge is 0.489 e. The highest BCUT2D eigenvalue weighted by atomic mass is 16.5. The predicted octanol–water partition coefficient (Wildman–Crippen LogP) is 3.12. The monoisotopic (exact) mass is 439 g/mol. The van der Waals surface area contributed by atoms with Gasteiger partial charge in [-0.2, -0.15) is 0 Å². The maximum atomic E-state index is 12.9. The molecule has 0 atom stereocenters. The highest BCUT2D eigenvalue weighted by Crippen LogP contribution is 2.29. The zero-order valence-electron chi connectivity index (χ0n) is 18.7. The molecule has 0 radical (unpaired) electrons. The van der Waals surface area contributed by atoms with E-state index in [0.717, 1.165) is 47.3 Å². The van der Waals surface area contributed by atoms with Crippen LogP contribution in [0.3, 0.4) is 0 Å². The Kier molecular flexibility index (Phi) is 4.58. The Hall–Kier alpha value is -3.84. The Balaban J connectivity index is 1.23. The minimum atomic E-state index is -0.112. The van der Waals surface area contributed by atoms with E-state index in [1.807, 2.05) is 35.7 Å². The van der Waals surface area contributed by atoms with Crippen molar-refractivity contribution in [3.05, 3.63) is 93.7 Å². The van der Waals surface area contributed by atoms with Crippen LogP contribution in [0, 0.1) is 0 Å². The first-order chi connectivity index (χ1) is 16.1. The fourth-order valence-electron chi connectivity index (χ4n) is 4.75. The number of rotatable bonds is 5. The first-order valence-electron chi connectivity index (χ1n) is 11.2. The SMILES string of the molecule is C/C=C\N=c1c2cc(COc3ccn(-c4ccc5c6c(n(C)c5c4)CCNC6)c(=O)c3)cn12. The van der Waals surface area contributed by atoms with E-state index < -0.39 is 0 Å². The first-order valence-corrected chi connectivity index (χ1v) is 11.2. The van der Waals surface area contributed by atoms with Gasteiger partial charge in [0.25, 0.3) is 5.56 Å². The topological polar surface area (TPSA) is 65.0 Å². The van der Waals surface area contributed by atoms with Gasteiger partial charge in [0.15, 0.2) is 5.49 Å². The van der Waals surface area contributed by atoms with Crippen molar-refractivity contribution in [2.45, 2.75) is 26.5 Å². The van der Waals surface area contributed by atoms with Gasteiger partial charge in [-0.3, -0.25) is 13.8 Å². The lowest BCUT2D eigenvalue weighted by Crippen LogP contribution is -2.24. The van der Waals surface area contributed by atoms with E-state index in [9.17, 15) is 4.79 Å². The van der Waals surface area contributed by atoms with Crippen molar-refractivity contribution in [2.75, 3.05) is 6.54 Å². The summed E-state index contributed by atoms with van der Waals surface area (Å²) in [6, 6.07) is 11.7. The van der Waals surface area contributed by atoms with Crippen LogP contribution in [0.15, 0.2) is 70.9 Å². The maximum Gasteiger partial charge on any atom is 0.258 e. The van der Waals surface area contributed by atoms with Gasteiger partial charge in [-0.1, -0.05) is 12.1 Å². The van der Waals surface area contributed by atoms with Gasteiger partial charge in [0.05, 0.1) is 16.7 Å². The Morgan fingerprint density at radius 3 is 2.88 bits per heavy atom.